The number of carbonyl (C=O) groups excluding carboxylic acids is 1. The number of esters is 1. The molecule has 0 aromatic heterocycles. The molecule has 0 aliphatic carbocycles. The lowest BCUT2D eigenvalue weighted by molar-refractivity contribution is -0.143. The van der Waals surface area contributed by atoms with E-state index >= 15 is 0 Å². The van der Waals surface area contributed by atoms with Crippen molar-refractivity contribution in [2.24, 2.45) is 0 Å². The summed E-state index contributed by atoms with van der Waals surface area (Å²) >= 11 is 0. The summed E-state index contributed by atoms with van der Waals surface area (Å²) in [5, 5.41) is 0. The first-order valence-electron chi connectivity index (χ1n) is 6.40. The van der Waals surface area contributed by atoms with Gasteiger partial charge in [0.05, 0.1) is 25.9 Å². The van der Waals surface area contributed by atoms with Crippen LogP contribution in [0.5, 0.6) is 0 Å². The van der Waals surface area contributed by atoms with E-state index in [0.717, 1.165) is 17.4 Å². The van der Waals surface area contributed by atoms with E-state index in [1.807, 2.05) is 19.1 Å². The molecule has 0 saturated carbocycles. The van der Waals surface area contributed by atoms with Gasteiger partial charge in [-0.15, -0.1) is 0 Å². The Morgan fingerprint density at radius 3 is 2.35 bits per heavy atom. The van der Waals surface area contributed by atoms with Crippen molar-refractivity contribution in [1.29, 1.82) is 0 Å². The van der Waals surface area contributed by atoms with Gasteiger partial charge in [0.1, 0.15) is 0 Å². The van der Waals surface area contributed by atoms with Crippen LogP contribution in [-0.4, -0.2) is 27.2 Å². The highest BCUT2D eigenvalue weighted by Gasteiger charge is 2.12. The van der Waals surface area contributed by atoms with Crippen molar-refractivity contribution in [1.82, 2.24) is 0 Å². The fourth-order valence-electron chi connectivity index (χ4n) is 1.71. The van der Waals surface area contributed by atoms with Crippen LogP contribution in [0.2, 0.25) is 0 Å². The molecule has 0 saturated heterocycles. The van der Waals surface area contributed by atoms with E-state index in [1.54, 1.807) is 19.1 Å². The molecule has 112 valence electrons. The second-order valence-electron chi connectivity index (χ2n) is 4.62. The maximum Gasteiger partial charge on any atom is 0.306 e. The Bertz CT molecular complexity index is 533. The number of hydrogen-bond acceptors (Lipinski definition) is 5. The third-order valence-electron chi connectivity index (χ3n) is 2.77. The molecule has 1 aromatic carbocycles. The normalized spacial score (nSPS) is 12.9. The first kappa shape index (κ1) is 16.7. The monoisotopic (exact) mass is 300 g/mol. The van der Waals surface area contributed by atoms with E-state index in [9.17, 15) is 13.2 Å². The van der Waals surface area contributed by atoms with Crippen LogP contribution in [0.1, 0.15) is 37.3 Å². The minimum atomic E-state index is -3.43. The highest BCUT2D eigenvalue weighted by molar-refractivity contribution is 7.85. The molecule has 5 nitrogen and oxygen atoms in total. The molecule has 1 atom stereocenters. The van der Waals surface area contributed by atoms with Gasteiger partial charge in [0, 0.05) is 0 Å². The van der Waals surface area contributed by atoms with Crippen LogP contribution in [0.25, 0.3) is 0 Å². The largest absolute Gasteiger partial charge is 0.466 e. The van der Waals surface area contributed by atoms with Crippen molar-refractivity contribution >= 4 is 16.1 Å². The van der Waals surface area contributed by atoms with Crippen LogP contribution in [0, 0.1) is 0 Å². The summed E-state index contributed by atoms with van der Waals surface area (Å²) in [6, 6.07) is 7.32. The summed E-state index contributed by atoms with van der Waals surface area (Å²) in [4.78, 5) is 11.4. The van der Waals surface area contributed by atoms with Crippen molar-refractivity contribution in [3.8, 4) is 0 Å². The summed E-state index contributed by atoms with van der Waals surface area (Å²) in [7, 11) is -3.43. The first-order chi connectivity index (χ1) is 9.31. The van der Waals surface area contributed by atoms with Crippen molar-refractivity contribution in [2.45, 2.75) is 32.8 Å². The molecule has 20 heavy (non-hydrogen) atoms. The third kappa shape index (κ3) is 6.16. The molecule has 0 radical (unpaired) electrons. The molecule has 0 fully saturated rings. The maximum atomic E-state index is 11.4. The Morgan fingerprint density at radius 2 is 1.85 bits per heavy atom. The van der Waals surface area contributed by atoms with Crippen LogP contribution >= 0.6 is 0 Å². The van der Waals surface area contributed by atoms with Crippen LogP contribution in [0.4, 0.5) is 0 Å². The van der Waals surface area contributed by atoms with E-state index < -0.39 is 10.1 Å². The van der Waals surface area contributed by atoms with Gasteiger partial charge in [0.2, 0.25) is 0 Å². The molecule has 0 aliphatic rings. The van der Waals surface area contributed by atoms with Gasteiger partial charge in [-0.1, -0.05) is 31.2 Å². The molecule has 0 heterocycles. The predicted molar refractivity (Wildman–Crippen MR) is 75.7 cm³/mol. The fraction of sp³-hybridized carbons (Fsp3) is 0.500. The zero-order chi connectivity index (χ0) is 15.2. The summed E-state index contributed by atoms with van der Waals surface area (Å²) < 4.78 is 31.4. The number of rotatable bonds is 7. The van der Waals surface area contributed by atoms with Gasteiger partial charge in [-0.2, -0.15) is 8.42 Å². The van der Waals surface area contributed by atoms with Crippen LogP contribution in [0.15, 0.2) is 24.3 Å². The van der Waals surface area contributed by atoms with Crippen molar-refractivity contribution in [2.75, 3.05) is 12.9 Å². The van der Waals surface area contributed by atoms with Gasteiger partial charge in [-0.05, 0) is 24.0 Å². The third-order valence-corrected chi connectivity index (χ3v) is 3.31. The lowest BCUT2D eigenvalue weighted by Gasteiger charge is -2.11. The fourth-order valence-corrected chi connectivity index (χ4v) is 2.06. The molecule has 0 amide bonds. The lowest BCUT2D eigenvalue weighted by Crippen LogP contribution is -2.08. The zero-order valence-electron chi connectivity index (χ0n) is 12.0. The Balaban J connectivity index is 2.59. The Labute approximate surface area is 120 Å². The van der Waals surface area contributed by atoms with Crippen LogP contribution < -0.4 is 0 Å². The Kier molecular flexibility index (Phi) is 6.16. The van der Waals surface area contributed by atoms with Crippen molar-refractivity contribution < 1.29 is 22.1 Å². The van der Waals surface area contributed by atoms with E-state index in [1.165, 1.54) is 0 Å². The van der Waals surface area contributed by atoms with Gasteiger partial charge >= 0.3 is 5.97 Å². The number of ether oxygens (including phenoxy) is 1. The van der Waals surface area contributed by atoms with Gasteiger partial charge in [0.25, 0.3) is 10.1 Å². The van der Waals surface area contributed by atoms with Crippen molar-refractivity contribution in [3.63, 3.8) is 0 Å². The van der Waals surface area contributed by atoms with E-state index in [0.29, 0.717) is 13.0 Å². The molecule has 0 bridgehead atoms. The molecular formula is C14H20O5S. The molecule has 0 unspecified atom stereocenters. The standard InChI is InChI=1S/C14H20O5S/c1-4-18-14(15)9-11(2)13-7-5-12(6-8-13)10-19-20(3,16)17/h5-8,11H,4,9-10H2,1-3H3/t11-/m1/s1. The van der Waals surface area contributed by atoms with E-state index in [2.05, 4.69) is 0 Å². The maximum absolute atomic E-state index is 11.4. The second kappa shape index (κ2) is 7.40. The van der Waals surface area contributed by atoms with Gasteiger partial charge in [-0.25, -0.2) is 0 Å². The lowest BCUT2D eigenvalue weighted by atomic mass is 9.97. The van der Waals surface area contributed by atoms with Gasteiger partial charge in [-0.3, -0.25) is 8.98 Å². The smallest absolute Gasteiger partial charge is 0.306 e. The summed E-state index contributed by atoms with van der Waals surface area (Å²) in [6.45, 7) is 4.12. The highest BCUT2D eigenvalue weighted by Crippen LogP contribution is 2.20. The Hall–Kier alpha value is -1.40. The molecule has 0 N–H and O–H groups in total. The minimum absolute atomic E-state index is 0.0192. The quantitative estimate of drug-likeness (QED) is 0.570. The molecule has 0 spiro atoms. The summed E-state index contributed by atoms with van der Waals surface area (Å²) in [6.07, 6.45) is 1.34. The molecule has 6 heteroatoms. The van der Waals surface area contributed by atoms with Gasteiger partial charge < -0.3 is 4.74 Å². The molecule has 0 aliphatic heterocycles. The van der Waals surface area contributed by atoms with E-state index in [4.69, 9.17) is 8.92 Å². The number of hydrogen-bond donors (Lipinski definition) is 0. The van der Waals surface area contributed by atoms with Gasteiger partial charge in [0.15, 0.2) is 0 Å². The highest BCUT2D eigenvalue weighted by atomic mass is 32.2. The number of benzene rings is 1. The molecular weight excluding hydrogens is 280 g/mol. The minimum Gasteiger partial charge on any atom is -0.466 e. The zero-order valence-corrected chi connectivity index (χ0v) is 12.8. The summed E-state index contributed by atoms with van der Waals surface area (Å²) in [5.74, 6) is -0.164. The molecule has 1 rings (SSSR count). The Morgan fingerprint density at radius 1 is 1.25 bits per heavy atom. The second-order valence-corrected chi connectivity index (χ2v) is 6.26. The predicted octanol–water partition coefficient (Wildman–Crippen LogP) is 2.22. The van der Waals surface area contributed by atoms with Crippen molar-refractivity contribution in [3.05, 3.63) is 35.4 Å². The van der Waals surface area contributed by atoms with Crippen LogP contribution in [-0.2, 0) is 30.4 Å². The van der Waals surface area contributed by atoms with Crippen LogP contribution in [0.3, 0.4) is 0 Å². The average Bonchev–Trinajstić information content (AvgIpc) is 2.36. The van der Waals surface area contributed by atoms with E-state index in [-0.39, 0.29) is 18.5 Å². The average molecular weight is 300 g/mol. The summed E-state index contributed by atoms with van der Waals surface area (Å²) in [5.41, 5.74) is 1.77. The first-order valence-corrected chi connectivity index (χ1v) is 8.22. The molecule has 1 aromatic rings. The number of carbonyl (C=O) groups is 1. The SMILES string of the molecule is CCOC(=O)C[C@@H](C)c1ccc(COS(C)(=O)=O)cc1. The topological polar surface area (TPSA) is 69.7 Å².